The van der Waals surface area contributed by atoms with Gasteiger partial charge in [0.1, 0.15) is 0 Å². The fraction of sp³-hybridized carbons (Fsp3) is 0.462. The summed E-state index contributed by atoms with van der Waals surface area (Å²) < 4.78 is 18.5. The van der Waals surface area contributed by atoms with Crippen LogP contribution in [0.25, 0.3) is 0 Å². The molecule has 98 valence electrons. The number of rotatable bonds is 3. The van der Waals surface area contributed by atoms with Gasteiger partial charge < -0.3 is 15.0 Å². The molecule has 0 bridgehead atoms. The molecule has 5 heteroatoms. The van der Waals surface area contributed by atoms with Gasteiger partial charge in [-0.3, -0.25) is 4.79 Å². The number of hydrogen-bond donors (Lipinski definition) is 1. The van der Waals surface area contributed by atoms with Crippen molar-refractivity contribution in [2.75, 3.05) is 25.6 Å². The summed E-state index contributed by atoms with van der Waals surface area (Å²) in [6.07, 6.45) is 1.73. The zero-order valence-corrected chi connectivity index (χ0v) is 10.6. The lowest BCUT2D eigenvalue weighted by Gasteiger charge is -2.32. The number of hydrogen-bond acceptors (Lipinski definition) is 3. The van der Waals surface area contributed by atoms with Crippen LogP contribution in [-0.4, -0.2) is 32.7 Å². The van der Waals surface area contributed by atoms with Crippen molar-refractivity contribution in [2.45, 2.75) is 18.9 Å². The monoisotopic (exact) mass is 252 g/mol. The molecule has 4 nitrogen and oxygen atoms in total. The van der Waals surface area contributed by atoms with Crippen LogP contribution in [0.2, 0.25) is 0 Å². The molecule has 1 aliphatic heterocycles. The second-order valence-corrected chi connectivity index (χ2v) is 4.29. The fourth-order valence-electron chi connectivity index (χ4n) is 2.22. The number of methoxy groups -OCH3 is 1. The lowest BCUT2D eigenvalue weighted by atomic mass is 10.0. The number of carbonyl (C=O) groups excluding carboxylic acids is 1. The van der Waals surface area contributed by atoms with Gasteiger partial charge in [-0.25, -0.2) is 4.39 Å². The van der Waals surface area contributed by atoms with Crippen molar-refractivity contribution in [3.8, 4) is 5.75 Å². The van der Waals surface area contributed by atoms with Crippen molar-refractivity contribution in [3.63, 3.8) is 0 Å². The maximum atomic E-state index is 13.6. The van der Waals surface area contributed by atoms with Crippen LogP contribution < -0.4 is 15.0 Å². The predicted octanol–water partition coefficient (Wildman–Crippen LogP) is 1.55. The molecule has 1 aromatic rings. The SMILES string of the molecule is CNC1CCCN(c2ccc(OC)c(F)c2)C1=O. The van der Waals surface area contributed by atoms with Crippen molar-refractivity contribution < 1.29 is 13.9 Å². The van der Waals surface area contributed by atoms with Crippen molar-refractivity contribution in [1.82, 2.24) is 5.32 Å². The minimum Gasteiger partial charge on any atom is -0.494 e. The minimum absolute atomic E-state index is 0.00619. The third kappa shape index (κ3) is 2.31. The third-order valence-electron chi connectivity index (χ3n) is 3.23. The Bertz CT molecular complexity index is 451. The number of piperidine rings is 1. The fourth-order valence-corrected chi connectivity index (χ4v) is 2.22. The molecule has 0 aliphatic carbocycles. The average molecular weight is 252 g/mol. The standard InChI is InChI=1S/C13H17FN2O2/c1-15-11-4-3-7-16(13(11)17)9-5-6-12(18-2)10(14)8-9/h5-6,8,11,15H,3-4,7H2,1-2H3. The minimum atomic E-state index is -0.450. The molecule has 1 fully saturated rings. The highest BCUT2D eigenvalue weighted by Crippen LogP contribution is 2.26. The van der Waals surface area contributed by atoms with E-state index in [-0.39, 0.29) is 17.7 Å². The molecule has 1 unspecified atom stereocenters. The molecule has 1 heterocycles. The third-order valence-corrected chi connectivity index (χ3v) is 3.23. The molecule has 0 aromatic heterocycles. The van der Waals surface area contributed by atoms with Gasteiger partial charge >= 0.3 is 0 Å². The molecule has 1 N–H and O–H groups in total. The van der Waals surface area contributed by atoms with Gasteiger partial charge in [0.2, 0.25) is 5.91 Å². The predicted molar refractivity (Wildman–Crippen MR) is 67.4 cm³/mol. The summed E-state index contributed by atoms with van der Waals surface area (Å²) in [6, 6.07) is 4.41. The molecule has 2 rings (SSSR count). The van der Waals surface area contributed by atoms with Gasteiger partial charge in [0.25, 0.3) is 0 Å². The highest BCUT2D eigenvalue weighted by atomic mass is 19.1. The molecule has 18 heavy (non-hydrogen) atoms. The van der Waals surface area contributed by atoms with Crippen LogP contribution in [0, 0.1) is 5.82 Å². The lowest BCUT2D eigenvalue weighted by Crippen LogP contribution is -2.49. The van der Waals surface area contributed by atoms with Crippen LogP contribution in [0.5, 0.6) is 5.75 Å². The van der Waals surface area contributed by atoms with E-state index in [0.29, 0.717) is 12.2 Å². The van der Waals surface area contributed by atoms with E-state index in [2.05, 4.69) is 5.32 Å². The quantitative estimate of drug-likeness (QED) is 0.887. The smallest absolute Gasteiger partial charge is 0.244 e. The maximum absolute atomic E-state index is 13.6. The average Bonchev–Trinajstić information content (AvgIpc) is 2.39. The Labute approximate surface area is 106 Å². The van der Waals surface area contributed by atoms with Gasteiger partial charge in [-0.05, 0) is 32.0 Å². The largest absolute Gasteiger partial charge is 0.494 e. The number of amides is 1. The molecule has 1 atom stereocenters. The Morgan fingerprint density at radius 2 is 2.28 bits per heavy atom. The Hall–Kier alpha value is -1.62. The van der Waals surface area contributed by atoms with E-state index in [1.807, 2.05) is 0 Å². The van der Waals surface area contributed by atoms with Crippen molar-refractivity contribution in [2.24, 2.45) is 0 Å². The van der Waals surface area contributed by atoms with Gasteiger partial charge in [-0.1, -0.05) is 0 Å². The maximum Gasteiger partial charge on any atom is 0.244 e. The molecule has 1 amide bonds. The van der Waals surface area contributed by atoms with E-state index in [9.17, 15) is 9.18 Å². The first-order chi connectivity index (χ1) is 8.67. The normalized spacial score (nSPS) is 20.1. The van der Waals surface area contributed by atoms with Crippen molar-refractivity contribution >= 4 is 11.6 Å². The van der Waals surface area contributed by atoms with Gasteiger partial charge in [0, 0.05) is 18.3 Å². The van der Waals surface area contributed by atoms with Crippen LogP contribution >= 0.6 is 0 Å². The first-order valence-corrected chi connectivity index (χ1v) is 5.99. The van der Waals surface area contributed by atoms with Crippen LogP contribution in [0.15, 0.2) is 18.2 Å². The van der Waals surface area contributed by atoms with Crippen LogP contribution in [0.4, 0.5) is 10.1 Å². The van der Waals surface area contributed by atoms with Crippen LogP contribution in [-0.2, 0) is 4.79 Å². The Morgan fingerprint density at radius 1 is 1.50 bits per heavy atom. The summed E-state index contributed by atoms with van der Waals surface area (Å²) in [4.78, 5) is 13.8. The number of carbonyl (C=O) groups is 1. The Kier molecular flexibility index (Phi) is 3.81. The van der Waals surface area contributed by atoms with Gasteiger partial charge in [-0.15, -0.1) is 0 Å². The van der Waals surface area contributed by atoms with Crippen molar-refractivity contribution in [1.29, 1.82) is 0 Å². The molecular formula is C13H17FN2O2. The topological polar surface area (TPSA) is 41.6 Å². The Balaban J connectivity index is 2.25. The van der Waals surface area contributed by atoms with E-state index < -0.39 is 5.82 Å². The molecule has 1 aromatic carbocycles. The number of benzene rings is 1. The van der Waals surface area contributed by atoms with E-state index in [0.717, 1.165) is 12.8 Å². The molecule has 0 spiro atoms. The number of nitrogens with one attached hydrogen (secondary N) is 1. The molecular weight excluding hydrogens is 235 g/mol. The number of ether oxygens (including phenoxy) is 1. The van der Waals surface area contributed by atoms with Crippen LogP contribution in [0.1, 0.15) is 12.8 Å². The molecule has 0 saturated carbocycles. The summed E-state index contributed by atoms with van der Waals surface area (Å²) >= 11 is 0. The van der Waals surface area contributed by atoms with E-state index in [4.69, 9.17) is 4.74 Å². The van der Waals surface area contributed by atoms with Gasteiger partial charge in [-0.2, -0.15) is 0 Å². The van der Waals surface area contributed by atoms with E-state index in [1.165, 1.54) is 13.2 Å². The van der Waals surface area contributed by atoms with Crippen molar-refractivity contribution in [3.05, 3.63) is 24.0 Å². The van der Waals surface area contributed by atoms with Crippen LogP contribution in [0.3, 0.4) is 0 Å². The summed E-state index contributed by atoms with van der Waals surface area (Å²) in [6.45, 7) is 0.628. The number of halogens is 1. The van der Waals surface area contributed by atoms with E-state index in [1.54, 1.807) is 24.1 Å². The van der Waals surface area contributed by atoms with Gasteiger partial charge in [0.05, 0.1) is 13.2 Å². The summed E-state index contributed by atoms with van der Waals surface area (Å²) in [5, 5.41) is 2.98. The number of nitrogens with zero attached hydrogens (tertiary/aromatic N) is 1. The molecule has 1 saturated heterocycles. The zero-order valence-electron chi connectivity index (χ0n) is 10.6. The second kappa shape index (κ2) is 5.35. The highest BCUT2D eigenvalue weighted by molar-refractivity contribution is 5.97. The number of likely N-dealkylation sites (N-methyl/N-ethyl adjacent to an activating group) is 1. The summed E-state index contributed by atoms with van der Waals surface area (Å²) in [5.41, 5.74) is 0.582. The zero-order chi connectivity index (χ0) is 13.1. The van der Waals surface area contributed by atoms with E-state index >= 15 is 0 Å². The highest BCUT2D eigenvalue weighted by Gasteiger charge is 2.28. The Morgan fingerprint density at radius 3 is 2.89 bits per heavy atom. The first kappa shape index (κ1) is 12.8. The van der Waals surface area contributed by atoms with Gasteiger partial charge in [0.15, 0.2) is 11.6 Å². The number of anilines is 1. The molecule has 0 radical (unpaired) electrons. The second-order valence-electron chi connectivity index (χ2n) is 4.29. The summed E-state index contributed by atoms with van der Waals surface area (Å²) in [5.74, 6) is -0.268. The summed E-state index contributed by atoms with van der Waals surface area (Å²) in [7, 11) is 3.18. The molecule has 1 aliphatic rings. The lowest BCUT2D eigenvalue weighted by molar-refractivity contribution is -0.121. The first-order valence-electron chi connectivity index (χ1n) is 5.99.